The second kappa shape index (κ2) is 10.5. The number of thiazole rings is 1. The molecule has 2 heterocycles. The number of piperidine rings is 1. The molecule has 0 N–H and O–H groups in total. The Balaban J connectivity index is 1.39. The maximum Gasteiger partial charge on any atom is 0.243 e. The number of aromatic nitrogens is 1. The second-order valence-electron chi connectivity index (χ2n) is 9.51. The van der Waals surface area contributed by atoms with Crippen LogP contribution in [0.4, 0.5) is 13.9 Å². The fourth-order valence-electron chi connectivity index (χ4n) is 4.69. The van der Waals surface area contributed by atoms with Gasteiger partial charge in [0, 0.05) is 19.0 Å². The number of hydrogen-bond acceptors (Lipinski definition) is 5. The summed E-state index contributed by atoms with van der Waals surface area (Å²) in [6.07, 6.45) is 0.631. The van der Waals surface area contributed by atoms with E-state index in [1.54, 1.807) is 4.90 Å². The van der Waals surface area contributed by atoms with Crippen LogP contribution < -0.4 is 4.90 Å². The molecule has 0 bridgehead atoms. The Morgan fingerprint density at radius 2 is 1.74 bits per heavy atom. The number of halogens is 2. The molecule has 5 rings (SSSR count). The van der Waals surface area contributed by atoms with E-state index in [9.17, 15) is 22.0 Å². The third-order valence-corrected chi connectivity index (χ3v) is 10.0. The third-order valence-electron chi connectivity index (χ3n) is 7.09. The van der Waals surface area contributed by atoms with E-state index in [4.69, 9.17) is 4.98 Å². The van der Waals surface area contributed by atoms with E-state index < -0.39 is 27.6 Å². The third kappa shape index (κ3) is 5.08. The summed E-state index contributed by atoms with van der Waals surface area (Å²) in [5.41, 5.74) is 4.05. The Labute approximate surface area is 224 Å². The lowest BCUT2D eigenvalue weighted by atomic mass is 9.96. The summed E-state index contributed by atoms with van der Waals surface area (Å²) in [7, 11) is -4.01. The van der Waals surface area contributed by atoms with Gasteiger partial charge in [-0.2, -0.15) is 4.31 Å². The zero-order chi connectivity index (χ0) is 27.0. The molecule has 198 valence electrons. The first-order chi connectivity index (χ1) is 18.1. The Morgan fingerprint density at radius 3 is 2.42 bits per heavy atom. The lowest BCUT2D eigenvalue weighted by molar-refractivity contribution is -0.123. The van der Waals surface area contributed by atoms with E-state index in [2.05, 4.69) is 0 Å². The maximum atomic E-state index is 13.9. The molecule has 3 aromatic carbocycles. The minimum Gasteiger partial charge on any atom is -0.283 e. The highest BCUT2D eigenvalue weighted by Gasteiger charge is 2.35. The molecule has 1 aliphatic rings. The fourth-order valence-corrected chi connectivity index (χ4v) is 7.20. The molecule has 1 aromatic heterocycles. The van der Waals surface area contributed by atoms with Gasteiger partial charge in [-0.25, -0.2) is 22.2 Å². The average Bonchev–Trinajstić information content (AvgIpc) is 3.36. The molecule has 1 saturated heterocycles. The van der Waals surface area contributed by atoms with Crippen LogP contribution in [0.3, 0.4) is 0 Å². The van der Waals surface area contributed by atoms with Crippen LogP contribution in [-0.2, 0) is 21.4 Å². The van der Waals surface area contributed by atoms with E-state index >= 15 is 0 Å². The summed E-state index contributed by atoms with van der Waals surface area (Å²) < 4.78 is 55.3. The molecule has 1 fully saturated rings. The van der Waals surface area contributed by atoms with Crippen molar-refractivity contribution in [1.82, 2.24) is 9.29 Å². The van der Waals surface area contributed by atoms with Gasteiger partial charge >= 0.3 is 0 Å². The van der Waals surface area contributed by atoms with E-state index in [0.29, 0.717) is 30.6 Å². The monoisotopic (exact) mass is 555 g/mol. The van der Waals surface area contributed by atoms with Gasteiger partial charge in [0.2, 0.25) is 15.9 Å². The Morgan fingerprint density at radius 1 is 1.03 bits per heavy atom. The molecule has 0 saturated carbocycles. The van der Waals surface area contributed by atoms with E-state index in [1.807, 2.05) is 56.3 Å². The number of aryl methyl sites for hydroxylation is 2. The lowest BCUT2D eigenvalue weighted by Crippen LogP contribution is -2.44. The fraction of sp³-hybridized carbons (Fsp3) is 0.286. The number of rotatable bonds is 6. The van der Waals surface area contributed by atoms with Gasteiger partial charge in [0.1, 0.15) is 0 Å². The summed E-state index contributed by atoms with van der Waals surface area (Å²) in [4.78, 5) is 20.1. The standard InChI is InChI=1S/C28H27F2N3O3S2/c1-18-8-11-25-26(19(18)2)31-28(37-25)33(17-20-6-4-3-5-7-20)27(34)21-12-14-32(15-13-21)38(35,36)22-9-10-23(29)24(30)16-22/h3-11,16,21H,12-15,17H2,1-2H3. The zero-order valence-electron chi connectivity index (χ0n) is 21.0. The van der Waals surface area contributed by atoms with Crippen molar-refractivity contribution in [3.63, 3.8) is 0 Å². The number of nitrogens with zero attached hydrogens (tertiary/aromatic N) is 3. The van der Waals surface area contributed by atoms with E-state index in [0.717, 1.165) is 39.0 Å². The van der Waals surface area contributed by atoms with Gasteiger partial charge in [0.25, 0.3) is 0 Å². The maximum absolute atomic E-state index is 13.9. The van der Waals surface area contributed by atoms with Gasteiger partial charge in [0.15, 0.2) is 16.8 Å². The largest absolute Gasteiger partial charge is 0.283 e. The number of hydrogen-bond donors (Lipinski definition) is 0. The van der Waals surface area contributed by atoms with Crippen molar-refractivity contribution in [2.24, 2.45) is 5.92 Å². The first kappa shape index (κ1) is 26.4. The quantitative estimate of drug-likeness (QED) is 0.300. The summed E-state index contributed by atoms with van der Waals surface area (Å²) in [5.74, 6) is -2.82. The minimum atomic E-state index is -4.01. The summed E-state index contributed by atoms with van der Waals surface area (Å²) in [6, 6.07) is 16.3. The van der Waals surface area contributed by atoms with Crippen LogP contribution in [0, 0.1) is 31.4 Å². The predicted molar refractivity (Wildman–Crippen MR) is 145 cm³/mol. The number of benzene rings is 3. The molecule has 0 atom stereocenters. The van der Waals surface area contributed by atoms with Gasteiger partial charge < -0.3 is 0 Å². The first-order valence-corrected chi connectivity index (χ1v) is 14.6. The van der Waals surface area contributed by atoms with E-state index in [1.165, 1.54) is 15.6 Å². The topological polar surface area (TPSA) is 70.6 Å². The number of anilines is 1. The molecule has 6 nitrogen and oxygen atoms in total. The molecule has 0 radical (unpaired) electrons. The van der Waals surface area contributed by atoms with Crippen molar-refractivity contribution in [2.45, 2.75) is 38.1 Å². The van der Waals surface area contributed by atoms with Gasteiger partial charge in [-0.3, -0.25) is 9.69 Å². The average molecular weight is 556 g/mol. The number of amides is 1. The summed E-state index contributed by atoms with van der Waals surface area (Å²) in [6.45, 7) is 4.62. The van der Waals surface area contributed by atoms with Crippen LogP contribution in [0.15, 0.2) is 65.6 Å². The second-order valence-corrected chi connectivity index (χ2v) is 12.5. The molecule has 4 aromatic rings. The van der Waals surface area contributed by atoms with E-state index in [-0.39, 0.29) is 23.9 Å². The zero-order valence-corrected chi connectivity index (χ0v) is 22.7. The van der Waals surface area contributed by atoms with Crippen molar-refractivity contribution in [3.8, 4) is 0 Å². The van der Waals surface area contributed by atoms with Crippen LogP contribution in [0.2, 0.25) is 0 Å². The lowest BCUT2D eigenvalue weighted by Gasteiger charge is -2.33. The Bertz CT molecular complexity index is 1600. The van der Waals surface area contributed by atoms with Crippen molar-refractivity contribution in [1.29, 1.82) is 0 Å². The Kier molecular flexibility index (Phi) is 7.30. The van der Waals surface area contributed by atoms with Gasteiger partial charge in [0.05, 0.1) is 21.7 Å². The van der Waals surface area contributed by atoms with Crippen molar-refractivity contribution < 1.29 is 22.0 Å². The van der Waals surface area contributed by atoms with Gasteiger partial charge in [-0.1, -0.05) is 47.7 Å². The first-order valence-electron chi connectivity index (χ1n) is 12.3. The van der Waals surface area contributed by atoms with Gasteiger partial charge in [-0.05, 0) is 67.6 Å². The van der Waals surface area contributed by atoms with Crippen molar-refractivity contribution in [3.05, 3.63) is 89.0 Å². The smallest absolute Gasteiger partial charge is 0.243 e. The molecule has 10 heteroatoms. The molecule has 1 aliphatic heterocycles. The van der Waals surface area contributed by atoms with Crippen LogP contribution in [0.5, 0.6) is 0 Å². The number of carbonyl (C=O) groups excluding carboxylic acids is 1. The number of fused-ring (bicyclic) bond motifs is 1. The molecule has 0 spiro atoms. The van der Waals surface area contributed by atoms with Crippen LogP contribution in [0.25, 0.3) is 10.2 Å². The number of sulfonamides is 1. The number of carbonyl (C=O) groups is 1. The predicted octanol–water partition coefficient (Wildman–Crippen LogP) is 5.83. The van der Waals surface area contributed by atoms with Crippen LogP contribution in [-0.4, -0.2) is 36.7 Å². The van der Waals surface area contributed by atoms with Crippen LogP contribution >= 0.6 is 11.3 Å². The SMILES string of the molecule is Cc1ccc2sc(N(Cc3ccccc3)C(=O)C3CCN(S(=O)(=O)c4ccc(F)c(F)c4)CC3)nc2c1C. The minimum absolute atomic E-state index is 0.104. The van der Waals surface area contributed by atoms with Gasteiger partial charge in [-0.15, -0.1) is 0 Å². The van der Waals surface area contributed by atoms with Crippen LogP contribution in [0.1, 0.15) is 29.5 Å². The highest BCUT2D eigenvalue weighted by atomic mass is 32.2. The highest BCUT2D eigenvalue weighted by Crippen LogP contribution is 2.35. The molecular formula is C28H27F2N3O3S2. The normalized spacial score (nSPS) is 15.2. The molecule has 1 amide bonds. The van der Waals surface area contributed by atoms with Crippen molar-refractivity contribution in [2.75, 3.05) is 18.0 Å². The molecular weight excluding hydrogens is 528 g/mol. The molecule has 38 heavy (non-hydrogen) atoms. The molecule has 0 unspecified atom stereocenters. The summed E-state index contributed by atoms with van der Waals surface area (Å²) >= 11 is 1.47. The highest BCUT2D eigenvalue weighted by molar-refractivity contribution is 7.89. The molecule has 0 aliphatic carbocycles. The van der Waals surface area contributed by atoms with Crippen molar-refractivity contribution >= 4 is 42.6 Å². The Hall–Kier alpha value is -3.21. The summed E-state index contributed by atoms with van der Waals surface area (Å²) in [5, 5.41) is 0.611.